The van der Waals surface area contributed by atoms with Gasteiger partial charge in [0.1, 0.15) is 56.3 Å². The standard InChI is InChI=1S/C92H119N11O20Si2/c1-53(2)79-83(108)94-55(5)81(106)96-64-33-23-57(24-34-64)49-120-89(112)102-69-45-75(73(115-14)43-67(69)85(110)100-47-61(59-27-31-63(93)32-28-59)41-71(100)87(102)122-124(16,17)91(7,8)9)118-39-21-20-22-40-119-76-46-70-68(44-74(76)116-15)86(111)101-48-62(60-29-37-66(114-13)38-30-60)42-72(101)88(123-125(18,19)92(10,11)12)103(70)90(113)121-50-58-25-35-65(36-26-58)97-82(107)56(6)95-84(109)80(54(3)4)99-78(105)52-117-51-77(104)98-79/h23-38,43-48,53-56,71-72,79-80,87-88H,20-22,39-42,49-52,93H2,1-19H3,(H,94,108)(H,95,109)(H,96,106)(H,97,107)(H,98,104)(H,99,105)/t55-,56-,71-,72-,79-,80-,87?,88?/m0/s1. The van der Waals surface area contributed by atoms with E-state index in [0.717, 1.165) is 22.3 Å². The lowest BCUT2D eigenvalue weighted by Crippen LogP contribution is -2.57. The smallest absolute Gasteiger partial charge is 0.416 e. The maximum atomic E-state index is 15.6. The van der Waals surface area contributed by atoms with Crippen molar-refractivity contribution in [2.75, 3.05) is 73.9 Å². The van der Waals surface area contributed by atoms with Crippen molar-refractivity contribution in [3.8, 4) is 28.7 Å². The van der Waals surface area contributed by atoms with E-state index in [1.165, 1.54) is 37.9 Å². The normalized spacial score (nSPS) is 21.9. The molecule has 8 atom stereocenters. The number of methoxy groups -OCH3 is 3. The Morgan fingerprint density at radius 1 is 0.456 bits per heavy atom. The van der Waals surface area contributed by atoms with Gasteiger partial charge in [-0.25, -0.2) is 19.4 Å². The van der Waals surface area contributed by atoms with Crippen LogP contribution in [0.25, 0.3) is 11.1 Å². The molecule has 0 radical (unpaired) electrons. The number of nitrogens with one attached hydrogen (secondary N) is 6. The topological polar surface area (TPSA) is 374 Å². The highest BCUT2D eigenvalue weighted by Crippen LogP contribution is 2.50. The molecule has 0 aliphatic carbocycles. The molecule has 31 nitrogen and oxygen atoms in total. The lowest BCUT2D eigenvalue weighted by molar-refractivity contribution is -0.137. The summed E-state index contributed by atoms with van der Waals surface area (Å²) in [6.07, 6.45) is 1.65. The van der Waals surface area contributed by atoms with Gasteiger partial charge in [0.15, 0.2) is 52.1 Å². The van der Waals surface area contributed by atoms with Crippen LogP contribution in [-0.4, -0.2) is 182 Å². The Morgan fingerprint density at radius 3 is 1.18 bits per heavy atom. The Bertz CT molecular complexity index is 5030. The van der Waals surface area contributed by atoms with E-state index < -0.39 is 160 Å². The number of rotatable bonds is 11. The molecular formula is C92H119N11O20Si2. The minimum absolute atomic E-state index is 0.101. The summed E-state index contributed by atoms with van der Waals surface area (Å²) in [4.78, 5) is 150. The van der Waals surface area contributed by atoms with Crippen molar-refractivity contribution in [1.29, 1.82) is 0 Å². The van der Waals surface area contributed by atoms with Gasteiger partial charge in [0.2, 0.25) is 35.4 Å². The van der Waals surface area contributed by atoms with Gasteiger partial charge in [0, 0.05) is 41.6 Å². The van der Waals surface area contributed by atoms with Gasteiger partial charge in [0.05, 0.1) is 69.1 Å². The van der Waals surface area contributed by atoms with Crippen LogP contribution in [0.2, 0.25) is 36.3 Å². The Morgan fingerprint density at radius 2 is 0.832 bits per heavy atom. The summed E-state index contributed by atoms with van der Waals surface area (Å²) in [5.74, 6) is -4.38. The number of ether oxygens (including phenoxy) is 8. The molecule has 6 aromatic rings. The second-order valence-corrected chi connectivity index (χ2v) is 45.2. The Labute approximate surface area is 732 Å². The quantitative estimate of drug-likeness (QED) is 0.0468. The number of benzene rings is 6. The second kappa shape index (κ2) is 39.6. The molecular weight excluding hydrogens is 1640 g/mol. The van der Waals surface area contributed by atoms with Crippen LogP contribution in [0.4, 0.5) is 38.0 Å². The molecule has 125 heavy (non-hydrogen) atoms. The number of hydrogen-bond donors (Lipinski definition) is 7. The van der Waals surface area contributed by atoms with Gasteiger partial charge >= 0.3 is 12.2 Å². The number of nitrogens with zero attached hydrogens (tertiary/aromatic N) is 4. The van der Waals surface area contributed by atoms with Gasteiger partial charge in [-0.15, -0.1) is 0 Å². The summed E-state index contributed by atoms with van der Waals surface area (Å²) in [5, 5.41) is 15.4. The van der Waals surface area contributed by atoms with Crippen LogP contribution in [0.15, 0.2) is 134 Å². The van der Waals surface area contributed by atoms with E-state index >= 15 is 19.2 Å². The van der Waals surface area contributed by atoms with Gasteiger partial charge in [-0.1, -0.05) is 118 Å². The molecule has 0 aromatic heterocycles. The number of carbonyl (C=O) groups excluding carboxylic acids is 10. The van der Waals surface area contributed by atoms with Gasteiger partial charge in [-0.3, -0.25) is 38.4 Å². The maximum Gasteiger partial charge on any atom is 0.416 e. The van der Waals surface area contributed by atoms with E-state index in [0.29, 0.717) is 53.2 Å². The molecule has 10 amide bonds. The van der Waals surface area contributed by atoms with Crippen molar-refractivity contribution in [3.63, 3.8) is 0 Å². The first-order valence-electron chi connectivity index (χ1n) is 42.2. The first kappa shape index (κ1) is 93.9. The summed E-state index contributed by atoms with van der Waals surface area (Å²) < 4.78 is 63.7. The fraction of sp³-hybridized carbons (Fsp3) is 0.457. The fourth-order valence-electron chi connectivity index (χ4n) is 14.5. The van der Waals surface area contributed by atoms with Gasteiger partial charge < -0.3 is 94.2 Å². The summed E-state index contributed by atoms with van der Waals surface area (Å²) in [7, 11) is -1.28. The highest BCUT2D eigenvalue weighted by Gasteiger charge is 2.54. The molecule has 14 rings (SSSR count). The molecule has 2 unspecified atom stereocenters. The van der Waals surface area contributed by atoms with Gasteiger partial charge in [0.25, 0.3) is 11.8 Å². The van der Waals surface area contributed by atoms with Crippen LogP contribution in [0.3, 0.4) is 0 Å². The van der Waals surface area contributed by atoms with Crippen LogP contribution in [0.1, 0.15) is 158 Å². The van der Waals surface area contributed by atoms with E-state index in [1.807, 2.05) is 36.4 Å². The van der Waals surface area contributed by atoms with Crippen molar-refractivity contribution < 1.29 is 94.7 Å². The second-order valence-electron chi connectivity index (χ2n) is 35.7. The molecule has 8 heterocycles. The Hall–Kier alpha value is -11.8. The maximum absolute atomic E-state index is 15.6. The van der Waals surface area contributed by atoms with E-state index in [-0.39, 0.29) is 84.8 Å². The predicted octanol–water partition coefficient (Wildman–Crippen LogP) is 13.6. The third-order valence-electron chi connectivity index (χ3n) is 23.9. The molecule has 8 aliphatic rings. The molecule has 0 spiro atoms. The molecule has 6 aromatic carbocycles. The number of amides is 10. The lowest BCUT2D eigenvalue weighted by Gasteiger charge is -2.44. The third-order valence-corrected chi connectivity index (χ3v) is 32.8. The molecule has 0 saturated carbocycles. The molecule has 8 bridgehead atoms. The Kier molecular flexibility index (Phi) is 29.7. The highest BCUT2D eigenvalue weighted by molar-refractivity contribution is 6.74. The number of hydrogen-bond acceptors (Lipinski definition) is 21. The first-order valence-corrected chi connectivity index (χ1v) is 48.0. The van der Waals surface area contributed by atoms with Crippen molar-refractivity contribution in [2.45, 2.75) is 213 Å². The van der Waals surface area contributed by atoms with Crippen LogP contribution in [0.5, 0.6) is 28.7 Å². The summed E-state index contributed by atoms with van der Waals surface area (Å²) in [5.41, 5.74) is 12.2. The number of fused-ring (bicyclic) bond motifs is 2. The van der Waals surface area contributed by atoms with Crippen LogP contribution < -0.4 is 71.1 Å². The summed E-state index contributed by atoms with van der Waals surface area (Å²) in [6, 6.07) is 28.2. The summed E-state index contributed by atoms with van der Waals surface area (Å²) >= 11 is 0. The average Bonchev–Trinajstić information content (AvgIpc) is 1.60. The predicted molar refractivity (Wildman–Crippen MR) is 479 cm³/mol. The average molecular weight is 1760 g/mol. The van der Waals surface area contributed by atoms with Gasteiger partial charge in [-0.05, 0) is 188 Å². The van der Waals surface area contributed by atoms with Crippen molar-refractivity contribution in [3.05, 3.63) is 167 Å². The monoisotopic (exact) mass is 1750 g/mol. The number of nitrogens with two attached hydrogens (primary N) is 1. The third kappa shape index (κ3) is 22.1. The molecule has 0 fully saturated rings. The van der Waals surface area contributed by atoms with Crippen LogP contribution in [0, 0.1) is 11.8 Å². The molecule has 670 valence electrons. The zero-order valence-electron chi connectivity index (χ0n) is 74.8. The van der Waals surface area contributed by atoms with Crippen molar-refractivity contribution in [1.82, 2.24) is 31.1 Å². The minimum Gasteiger partial charge on any atom is -0.497 e. The van der Waals surface area contributed by atoms with E-state index in [9.17, 15) is 28.8 Å². The molecule has 8 aliphatic heterocycles. The van der Waals surface area contributed by atoms with E-state index in [2.05, 4.69) is 99.6 Å². The minimum atomic E-state index is -2.90. The van der Waals surface area contributed by atoms with Crippen molar-refractivity contribution in [2.24, 2.45) is 11.8 Å². The first-order chi connectivity index (χ1) is 59.1. The van der Waals surface area contributed by atoms with Crippen LogP contribution >= 0.6 is 0 Å². The lowest BCUT2D eigenvalue weighted by atomic mass is 10.0. The molecule has 0 saturated heterocycles. The highest BCUT2D eigenvalue weighted by atomic mass is 28.4. The van der Waals surface area contributed by atoms with Crippen LogP contribution in [-0.2, 0) is 65.0 Å². The zero-order chi connectivity index (χ0) is 90.9. The largest absolute Gasteiger partial charge is 0.497 e. The number of nitrogen functional groups attached to an aromatic ring is 1. The van der Waals surface area contributed by atoms with Gasteiger partial charge in [-0.2, -0.15) is 0 Å². The van der Waals surface area contributed by atoms with E-state index in [1.54, 1.807) is 142 Å². The Balaban J connectivity index is 0.916. The SMILES string of the molecule is COc1ccc(C2=CN3C(=O)c4cc(OC)c5cc4N(C(=O)OCc4ccc(cc4)NC(=O)[C@H](C)NC(=O)[C@H](C(C)C)NC(=O)COCC(=O)N[C@@H](C(C)C)C(=O)N[C@@H](C)C(=O)Nc4ccc(cc4)COC(=O)N4c6cc(c(OC)cc6C(=O)N6C=C(c7ccc(N)cc7)C[C@H]6C4O[Si](C)(C)C(C)(C)C)OCCCCCO5)C(O[Si](C)(C)C(C)(C)C)[C@@H]3C2)cc1. The van der Waals surface area contributed by atoms with E-state index in [4.69, 9.17) is 52.5 Å². The molecule has 8 N–H and O–H groups in total. The fourth-order valence-corrected chi connectivity index (χ4v) is 16.9. The number of carbonyl (C=O) groups is 10. The molecule has 33 heteroatoms. The zero-order valence-corrected chi connectivity index (χ0v) is 76.8. The summed E-state index contributed by atoms with van der Waals surface area (Å²) in [6.45, 7) is 28.9. The van der Waals surface area contributed by atoms with Crippen molar-refractivity contribution >= 4 is 116 Å². The number of anilines is 5.